The highest BCUT2D eigenvalue weighted by atomic mass is 28.5. The second-order valence-electron chi connectivity index (χ2n) is 13.9. The van der Waals surface area contributed by atoms with E-state index in [0.29, 0.717) is 5.57 Å². The van der Waals surface area contributed by atoms with E-state index in [2.05, 4.69) is 80.1 Å². The van der Waals surface area contributed by atoms with Crippen molar-refractivity contribution in [2.75, 3.05) is 0 Å². The van der Waals surface area contributed by atoms with Crippen LogP contribution in [0.1, 0.15) is 34.6 Å². The minimum atomic E-state index is -3.00. The summed E-state index contributed by atoms with van der Waals surface area (Å²) in [5.41, 5.74) is 0.442. The van der Waals surface area contributed by atoms with Gasteiger partial charge in [0.05, 0.1) is 0 Å². The van der Waals surface area contributed by atoms with Crippen LogP contribution in [0.2, 0.25) is 96.2 Å². The molecule has 0 aliphatic heterocycles. The Hall–Kier alpha value is 0.488. The Labute approximate surface area is 241 Å². The van der Waals surface area contributed by atoms with Gasteiger partial charge in [0.25, 0.3) is 0 Å². The Kier molecular flexibility index (Phi) is 13.4. The molecular weight excluding hydrogens is 601 g/mol. The van der Waals surface area contributed by atoms with Crippen molar-refractivity contribution in [2.24, 2.45) is 0 Å². The largest absolute Gasteiger partial charge is 0.491 e. The Morgan fingerprint density at radius 3 is 1.03 bits per heavy atom. The lowest BCUT2D eigenvalue weighted by atomic mass is 10.4. The van der Waals surface area contributed by atoms with Crippen LogP contribution in [0.4, 0.5) is 0 Å². The van der Waals surface area contributed by atoms with Crippen molar-refractivity contribution >= 4 is 65.7 Å². The molecule has 0 aromatic heterocycles. The maximum atomic E-state index is 12.6. The maximum absolute atomic E-state index is 12.6. The molecule has 0 aliphatic rings. The summed E-state index contributed by atoms with van der Waals surface area (Å²) in [7, 11) is -17.8. The first-order valence-corrected chi connectivity index (χ1v) is 33.0. The van der Waals surface area contributed by atoms with Crippen LogP contribution in [0.15, 0.2) is 12.2 Å². The molecule has 15 heteroatoms. The number of rotatable bonds is 16. The summed E-state index contributed by atoms with van der Waals surface area (Å²) in [5, 5.41) is 0. The predicted molar refractivity (Wildman–Crippen MR) is 174 cm³/mol. The molecule has 0 saturated heterocycles. The van der Waals surface area contributed by atoms with Crippen molar-refractivity contribution in [3.8, 4) is 0 Å². The molecule has 0 radical (unpaired) electrons. The number of hydrogen-bond acceptors (Lipinski definition) is 8. The molecule has 0 heterocycles. The zero-order chi connectivity index (χ0) is 30.8. The summed E-state index contributed by atoms with van der Waals surface area (Å²) in [5.74, 6) is -0.407. The Bertz CT molecular complexity index is 813. The van der Waals surface area contributed by atoms with Gasteiger partial charge in [-0.3, -0.25) is 0 Å². The lowest BCUT2D eigenvalue weighted by Crippen LogP contribution is -2.62. The zero-order valence-corrected chi connectivity index (χ0v) is 34.6. The van der Waals surface area contributed by atoms with E-state index in [1.165, 1.54) is 0 Å². The minimum Gasteiger partial charge on any atom is -0.491 e. The van der Waals surface area contributed by atoms with Gasteiger partial charge in [-0.05, 0) is 92.0 Å². The first-order chi connectivity index (χ1) is 16.5. The number of carbonyl (C=O) groups is 1. The molecule has 0 aromatic carbocycles. The molecule has 0 N–H and O–H groups in total. The second kappa shape index (κ2) is 13.2. The van der Waals surface area contributed by atoms with Crippen molar-refractivity contribution in [3.63, 3.8) is 0 Å². The molecule has 0 rings (SSSR count). The third-order valence-corrected chi connectivity index (χ3v) is 32.2. The SMILES string of the molecule is C=C(C)C(=O)O[Si](O[Si](C)(C)O[Si](C)(C)O[Si](C)(C)O[Si](C)(C)O[Si](C)(C)O[Si](C)(C)C)(C(C)C)C(C)C. The first-order valence-electron chi connectivity index (χ1n) is 13.6. The molecule has 0 amide bonds. The average molecular weight is 659 g/mol. The minimum absolute atomic E-state index is 0.0378. The Morgan fingerprint density at radius 1 is 0.526 bits per heavy atom. The summed E-state index contributed by atoms with van der Waals surface area (Å²) in [6.07, 6.45) is 0. The third-order valence-electron chi connectivity index (χ3n) is 5.13. The molecule has 0 aromatic rings. The lowest BCUT2D eigenvalue weighted by molar-refractivity contribution is -0.132. The molecule has 38 heavy (non-hydrogen) atoms. The molecule has 0 spiro atoms. The fourth-order valence-corrected chi connectivity index (χ4v) is 39.9. The van der Waals surface area contributed by atoms with E-state index < -0.39 is 65.7 Å². The van der Waals surface area contributed by atoms with Gasteiger partial charge in [-0.2, -0.15) is 0 Å². The summed E-state index contributed by atoms with van der Waals surface area (Å²) >= 11 is 0. The van der Waals surface area contributed by atoms with Crippen LogP contribution < -0.4 is 0 Å². The normalized spacial score (nSPS) is 14.8. The van der Waals surface area contributed by atoms with Crippen LogP contribution in [0, 0.1) is 0 Å². The van der Waals surface area contributed by atoms with Gasteiger partial charge in [-0.1, -0.05) is 34.3 Å². The Morgan fingerprint density at radius 2 is 0.789 bits per heavy atom. The second-order valence-corrected chi connectivity index (χ2v) is 41.0. The molecule has 0 bridgehead atoms. The van der Waals surface area contributed by atoms with Crippen LogP contribution in [0.3, 0.4) is 0 Å². The number of carbonyl (C=O) groups excluding carboxylic acids is 1. The van der Waals surface area contributed by atoms with Gasteiger partial charge in [0.15, 0.2) is 8.32 Å². The highest BCUT2D eigenvalue weighted by Crippen LogP contribution is 2.38. The highest BCUT2D eigenvalue weighted by Gasteiger charge is 2.54. The predicted octanol–water partition coefficient (Wildman–Crippen LogP) is 7.81. The van der Waals surface area contributed by atoms with Crippen molar-refractivity contribution in [1.29, 1.82) is 0 Å². The van der Waals surface area contributed by atoms with Crippen LogP contribution in [-0.2, 0) is 33.9 Å². The zero-order valence-electron chi connectivity index (χ0n) is 27.6. The molecule has 0 unspecified atom stereocenters. The smallest absolute Gasteiger partial charge is 0.398 e. The van der Waals surface area contributed by atoms with Crippen molar-refractivity contribution in [1.82, 2.24) is 0 Å². The van der Waals surface area contributed by atoms with Gasteiger partial charge in [-0.15, -0.1) is 0 Å². The van der Waals surface area contributed by atoms with Crippen molar-refractivity contribution in [3.05, 3.63) is 12.2 Å². The van der Waals surface area contributed by atoms with E-state index in [4.69, 9.17) is 29.1 Å². The van der Waals surface area contributed by atoms with Gasteiger partial charge in [0.1, 0.15) is 0 Å². The summed E-state index contributed by atoms with van der Waals surface area (Å²) in [4.78, 5) is 12.6. The Balaban J connectivity index is 5.75. The fraction of sp³-hybridized carbons (Fsp3) is 0.870. The number of hydrogen-bond donors (Lipinski definition) is 0. The molecule has 0 fully saturated rings. The quantitative estimate of drug-likeness (QED) is 0.123. The summed E-state index contributed by atoms with van der Waals surface area (Å²) in [6, 6.07) is 0. The van der Waals surface area contributed by atoms with E-state index in [9.17, 15) is 4.79 Å². The maximum Gasteiger partial charge on any atom is 0.398 e. The van der Waals surface area contributed by atoms with Crippen molar-refractivity contribution in [2.45, 2.75) is 131 Å². The van der Waals surface area contributed by atoms with Gasteiger partial charge in [-0.25, -0.2) is 4.79 Å². The van der Waals surface area contributed by atoms with E-state index in [1.807, 2.05) is 39.3 Å². The summed E-state index contributed by atoms with van der Waals surface area (Å²) < 4.78 is 45.9. The van der Waals surface area contributed by atoms with Gasteiger partial charge in [0.2, 0.25) is 0 Å². The molecule has 0 saturated carbocycles. The van der Waals surface area contributed by atoms with Crippen LogP contribution >= 0.6 is 0 Å². The summed E-state index contributed by atoms with van der Waals surface area (Å²) in [6.45, 7) is 40.6. The van der Waals surface area contributed by atoms with E-state index in [1.54, 1.807) is 6.92 Å². The van der Waals surface area contributed by atoms with Crippen molar-refractivity contribution < 1.29 is 33.9 Å². The highest BCUT2D eigenvalue weighted by molar-refractivity contribution is 6.92. The average Bonchev–Trinajstić information content (AvgIpc) is 2.52. The molecule has 0 atom stereocenters. The fourth-order valence-electron chi connectivity index (χ4n) is 4.98. The van der Waals surface area contributed by atoms with Gasteiger partial charge in [0, 0.05) is 16.7 Å². The van der Waals surface area contributed by atoms with E-state index >= 15 is 0 Å². The first kappa shape index (κ1) is 38.5. The van der Waals surface area contributed by atoms with Gasteiger partial charge < -0.3 is 29.1 Å². The van der Waals surface area contributed by atoms with E-state index in [0.717, 1.165) is 0 Å². The molecule has 226 valence electrons. The van der Waals surface area contributed by atoms with Gasteiger partial charge >= 0.3 is 57.3 Å². The molecule has 0 aliphatic carbocycles. The standard InChI is InChI=1S/C23H58O8Si7/c1-20(2)23(24)25-38(21(3)4,22(5)6)31-37(18,19)30-36(16,17)29-35(14,15)28-34(12,13)27-33(10,11)26-32(7,8)9/h21-22H,1H2,2-19H3. The monoisotopic (exact) mass is 658 g/mol. The lowest BCUT2D eigenvalue weighted by Gasteiger charge is -2.45. The third kappa shape index (κ3) is 13.9. The van der Waals surface area contributed by atoms with E-state index in [-0.39, 0.29) is 11.1 Å². The molecule has 8 nitrogen and oxygen atoms in total. The van der Waals surface area contributed by atoms with Crippen LogP contribution in [0.25, 0.3) is 0 Å². The van der Waals surface area contributed by atoms with Crippen LogP contribution in [-0.4, -0.2) is 65.7 Å². The topological polar surface area (TPSA) is 81.7 Å². The van der Waals surface area contributed by atoms with Crippen LogP contribution in [0.5, 0.6) is 0 Å². The molecular formula is C23H58O8Si7.